The fourth-order valence-electron chi connectivity index (χ4n) is 8.39. The Labute approximate surface area is 279 Å². The Hall–Kier alpha value is -5.92. The summed E-state index contributed by atoms with van der Waals surface area (Å²) in [5.74, 6) is 0. The molecular formula is C47H32O. The maximum absolute atomic E-state index is 6.79. The van der Waals surface area contributed by atoms with Crippen LogP contribution in [0.3, 0.4) is 0 Å². The minimum atomic E-state index is -0.0368. The van der Waals surface area contributed by atoms with Crippen LogP contribution in [0.4, 0.5) is 0 Å². The first kappa shape index (κ1) is 27.2. The quantitative estimate of drug-likeness (QED) is 0.181. The molecule has 0 bridgehead atoms. The number of fused-ring (bicyclic) bond motifs is 8. The van der Waals surface area contributed by atoms with Crippen molar-refractivity contribution in [2.45, 2.75) is 19.3 Å². The molecule has 0 saturated carbocycles. The van der Waals surface area contributed by atoms with Crippen molar-refractivity contribution in [3.8, 4) is 44.5 Å². The maximum Gasteiger partial charge on any atom is 0.143 e. The van der Waals surface area contributed by atoms with Gasteiger partial charge in [0.15, 0.2) is 0 Å². The number of para-hydroxylation sites is 1. The molecule has 0 spiro atoms. The molecule has 10 rings (SSSR count). The number of rotatable bonds is 3. The molecule has 9 aromatic rings. The van der Waals surface area contributed by atoms with Gasteiger partial charge in [-0.1, -0.05) is 153 Å². The van der Waals surface area contributed by atoms with Gasteiger partial charge in [-0.05, 0) is 84.3 Å². The van der Waals surface area contributed by atoms with Crippen LogP contribution in [0.15, 0.2) is 162 Å². The average molecular weight is 613 g/mol. The Morgan fingerprint density at radius 3 is 1.69 bits per heavy atom. The molecule has 1 aromatic heterocycles. The van der Waals surface area contributed by atoms with Gasteiger partial charge in [0, 0.05) is 27.3 Å². The van der Waals surface area contributed by atoms with Crippen LogP contribution in [0.5, 0.6) is 0 Å². The third-order valence-electron chi connectivity index (χ3n) is 10.7. The average Bonchev–Trinajstić information content (AvgIpc) is 3.62. The largest absolute Gasteiger partial charge is 0.455 e. The monoisotopic (exact) mass is 612 g/mol. The van der Waals surface area contributed by atoms with Gasteiger partial charge in [0.05, 0.1) is 0 Å². The van der Waals surface area contributed by atoms with Crippen LogP contribution >= 0.6 is 0 Å². The van der Waals surface area contributed by atoms with E-state index >= 15 is 0 Å². The first-order chi connectivity index (χ1) is 23.6. The van der Waals surface area contributed by atoms with E-state index in [2.05, 4.69) is 172 Å². The van der Waals surface area contributed by atoms with Crippen LogP contribution < -0.4 is 0 Å². The van der Waals surface area contributed by atoms with Crippen molar-refractivity contribution in [2.75, 3.05) is 0 Å². The van der Waals surface area contributed by atoms with Crippen LogP contribution in [0, 0.1) is 0 Å². The van der Waals surface area contributed by atoms with E-state index in [1.54, 1.807) is 0 Å². The van der Waals surface area contributed by atoms with E-state index < -0.39 is 0 Å². The van der Waals surface area contributed by atoms with E-state index in [0.717, 1.165) is 27.5 Å². The Bertz CT molecular complexity index is 2690. The van der Waals surface area contributed by atoms with Crippen LogP contribution in [0.2, 0.25) is 0 Å². The summed E-state index contributed by atoms with van der Waals surface area (Å²) in [6.07, 6.45) is 0. The molecule has 48 heavy (non-hydrogen) atoms. The second-order valence-electron chi connectivity index (χ2n) is 13.6. The highest BCUT2D eigenvalue weighted by Gasteiger charge is 2.35. The zero-order valence-electron chi connectivity index (χ0n) is 26.9. The fraction of sp³-hybridized carbons (Fsp3) is 0.0638. The van der Waals surface area contributed by atoms with Crippen molar-refractivity contribution in [3.05, 3.63) is 169 Å². The summed E-state index contributed by atoms with van der Waals surface area (Å²) < 4.78 is 6.79. The summed E-state index contributed by atoms with van der Waals surface area (Å²) in [7, 11) is 0. The van der Waals surface area contributed by atoms with Crippen LogP contribution in [0.1, 0.15) is 25.0 Å². The molecule has 0 N–H and O–H groups in total. The third kappa shape index (κ3) is 3.79. The lowest BCUT2D eigenvalue weighted by atomic mass is 9.81. The predicted octanol–water partition coefficient (Wildman–Crippen LogP) is 13.2. The molecule has 226 valence electrons. The second-order valence-corrected chi connectivity index (χ2v) is 13.6. The van der Waals surface area contributed by atoms with Gasteiger partial charge in [-0.25, -0.2) is 0 Å². The molecule has 1 heterocycles. The topological polar surface area (TPSA) is 13.1 Å². The summed E-state index contributed by atoms with van der Waals surface area (Å²) in [5.41, 5.74) is 14.5. The lowest BCUT2D eigenvalue weighted by Gasteiger charge is -2.22. The zero-order valence-corrected chi connectivity index (χ0v) is 26.9. The fourth-order valence-corrected chi connectivity index (χ4v) is 8.39. The van der Waals surface area contributed by atoms with Crippen LogP contribution in [0.25, 0.3) is 88.0 Å². The van der Waals surface area contributed by atoms with Crippen molar-refractivity contribution < 1.29 is 4.42 Å². The molecular weight excluding hydrogens is 581 g/mol. The maximum atomic E-state index is 6.79. The Morgan fingerprint density at radius 1 is 0.375 bits per heavy atom. The molecule has 1 aliphatic rings. The molecule has 1 aliphatic carbocycles. The molecule has 8 aromatic carbocycles. The second kappa shape index (κ2) is 10.0. The van der Waals surface area contributed by atoms with Crippen LogP contribution in [-0.2, 0) is 5.41 Å². The molecule has 0 radical (unpaired) electrons. The minimum Gasteiger partial charge on any atom is -0.455 e. The highest BCUT2D eigenvalue weighted by Crippen LogP contribution is 2.50. The SMILES string of the molecule is CC1(C)c2ccccc2-c2ccc(-c3ccc4oc5c(-c6c7ccccc7c(-c7ccccc7)c7ccccc67)cccc5c4c3)cc21. The normalized spacial score (nSPS) is 13.4. The van der Waals surface area contributed by atoms with Gasteiger partial charge in [0.2, 0.25) is 0 Å². The highest BCUT2D eigenvalue weighted by atomic mass is 16.3. The van der Waals surface area contributed by atoms with Crippen LogP contribution in [-0.4, -0.2) is 0 Å². The Kier molecular flexibility index (Phi) is 5.69. The Balaban J connectivity index is 1.18. The summed E-state index contributed by atoms with van der Waals surface area (Å²) in [4.78, 5) is 0. The van der Waals surface area contributed by atoms with E-state index in [1.165, 1.54) is 71.6 Å². The smallest absolute Gasteiger partial charge is 0.143 e. The molecule has 0 amide bonds. The summed E-state index contributed by atoms with van der Waals surface area (Å²) >= 11 is 0. The lowest BCUT2D eigenvalue weighted by Crippen LogP contribution is -2.14. The lowest BCUT2D eigenvalue weighted by molar-refractivity contribution is 0.660. The van der Waals surface area contributed by atoms with Crippen molar-refractivity contribution in [1.82, 2.24) is 0 Å². The summed E-state index contributed by atoms with van der Waals surface area (Å²) in [6, 6.07) is 57.5. The van der Waals surface area contributed by atoms with E-state index in [9.17, 15) is 0 Å². The van der Waals surface area contributed by atoms with Crippen molar-refractivity contribution in [3.63, 3.8) is 0 Å². The van der Waals surface area contributed by atoms with Gasteiger partial charge in [0.1, 0.15) is 11.2 Å². The molecule has 1 heteroatoms. The van der Waals surface area contributed by atoms with Gasteiger partial charge in [-0.3, -0.25) is 0 Å². The predicted molar refractivity (Wildman–Crippen MR) is 203 cm³/mol. The van der Waals surface area contributed by atoms with Gasteiger partial charge in [0.25, 0.3) is 0 Å². The molecule has 0 saturated heterocycles. The number of hydrogen-bond donors (Lipinski definition) is 0. The van der Waals surface area contributed by atoms with Gasteiger partial charge in [-0.15, -0.1) is 0 Å². The molecule has 0 aliphatic heterocycles. The molecule has 1 nitrogen and oxygen atoms in total. The molecule has 0 unspecified atom stereocenters. The Morgan fingerprint density at radius 2 is 0.938 bits per heavy atom. The third-order valence-corrected chi connectivity index (χ3v) is 10.7. The van der Waals surface area contributed by atoms with E-state index in [-0.39, 0.29) is 5.41 Å². The standard InChI is InChI=1S/C47H32O/c1-47(2)41-22-11-10-15-32(41)33-25-23-31(28-42(33)47)30-24-26-43-40(27-30)38-20-12-21-39(46(38)48-43)45-36-18-8-6-16-34(36)44(29-13-4-3-5-14-29)35-17-7-9-19-37(35)45/h3-28H,1-2H3. The molecule has 0 fully saturated rings. The van der Waals surface area contributed by atoms with Crippen molar-refractivity contribution >= 4 is 43.5 Å². The van der Waals surface area contributed by atoms with Gasteiger partial charge in [-0.2, -0.15) is 0 Å². The van der Waals surface area contributed by atoms with Gasteiger partial charge < -0.3 is 4.42 Å². The van der Waals surface area contributed by atoms with Crippen molar-refractivity contribution in [2.24, 2.45) is 0 Å². The summed E-state index contributed by atoms with van der Waals surface area (Å²) in [6.45, 7) is 4.69. The van der Waals surface area contributed by atoms with E-state index in [0.29, 0.717) is 0 Å². The van der Waals surface area contributed by atoms with Crippen molar-refractivity contribution in [1.29, 1.82) is 0 Å². The summed E-state index contributed by atoms with van der Waals surface area (Å²) in [5, 5.41) is 7.22. The van der Waals surface area contributed by atoms with E-state index in [1.807, 2.05) is 0 Å². The first-order valence-corrected chi connectivity index (χ1v) is 16.8. The first-order valence-electron chi connectivity index (χ1n) is 16.8. The van der Waals surface area contributed by atoms with Gasteiger partial charge >= 0.3 is 0 Å². The zero-order chi connectivity index (χ0) is 32.0. The highest BCUT2D eigenvalue weighted by molar-refractivity contribution is 6.24. The minimum absolute atomic E-state index is 0.0368. The number of furan rings is 1. The number of hydrogen-bond acceptors (Lipinski definition) is 1. The molecule has 0 atom stereocenters. The van der Waals surface area contributed by atoms with E-state index in [4.69, 9.17) is 4.42 Å². The number of benzene rings is 8.